The molecule has 8 heteroatoms. The molecule has 3 nitrogen and oxygen atoms in total. The van der Waals surface area contributed by atoms with Crippen molar-refractivity contribution in [2.45, 2.75) is 12.0 Å². The van der Waals surface area contributed by atoms with Gasteiger partial charge in [-0.3, -0.25) is 0 Å². The topological polar surface area (TPSA) is 40.5 Å². The first-order valence-electron chi connectivity index (χ1n) is 4.21. The molecule has 0 spiro atoms. The number of carboxylic acid groups (broad SMARTS) is 1. The Bertz CT molecular complexity index is 408. The van der Waals surface area contributed by atoms with Crippen LogP contribution in [0.3, 0.4) is 0 Å². The minimum Gasteiger partial charge on any atom is -0.477 e. The minimum atomic E-state index is -5.91. The number of hydrogen-bond donors (Lipinski definition) is 1. The summed E-state index contributed by atoms with van der Waals surface area (Å²) in [6.45, 7) is 0. The van der Waals surface area contributed by atoms with E-state index in [2.05, 4.69) is 0 Å². The summed E-state index contributed by atoms with van der Waals surface area (Å²) in [7, 11) is 0. The van der Waals surface area contributed by atoms with Gasteiger partial charge in [0.05, 0.1) is 5.69 Å². The van der Waals surface area contributed by atoms with Crippen molar-refractivity contribution in [1.82, 2.24) is 0 Å². The Kier molecular flexibility index (Phi) is 3.25. The fourth-order valence-corrected chi connectivity index (χ4v) is 1.05. The molecule has 1 atom stereocenters. The molecule has 0 unspecified atom stereocenters. The monoisotopic (exact) mass is 255 g/mol. The largest absolute Gasteiger partial charge is 0.477 e. The van der Waals surface area contributed by atoms with E-state index in [1.165, 1.54) is 6.07 Å². The van der Waals surface area contributed by atoms with Crippen molar-refractivity contribution in [2.75, 3.05) is 5.12 Å². The van der Waals surface area contributed by atoms with Gasteiger partial charge in [-0.15, -0.1) is 0 Å². The first kappa shape index (κ1) is 13.2. The van der Waals surface area contributed by atoms with Crippen molar-refractivity contribution < 1.29 is 31.9 Å². The molecule has 0 saturated carbocycles. The lowest BCUT2D eigenvalue weighted by atomic mass is 10.2. The number of aliphatic carboxylic acids is 1. The van der Waals surface area contributed by atoms with Gasteiger partial charge in [0.25, 0.3) is 0 Å². The molecule has 1 rings (SSSR count). The Hall–Kier alpha value is -1.86. The van der Waals surface area contributed by atoms with Gasteiger partial charge >= 0.3 is 17.9 Å². The van der Waals surface area contributed by atoms with Crippen LogP contribution < -0.4 is 5.12 Å². The summed E-state index contributed by atoms with van der Waals surface area (Å²) in [5.74, 6) is -8.09. The Morgan fingerprint density at radius 3 is 1.94 bits per heavy atom. The summed E-state index contributed by atoms with van der Waals surface area (Å²) in [4.78, 5) is 10.3. The number of nitrogens with zero attached hydrogens (tertiary/aromatic N) is 1. The maximum Gasteiger partial charge on any atom is 0.456 e. The van der Waals surface area contributed by atoms with Gasteiger partial charge in [0.2, 0.25) is 0 Å². The molecular weight excluding hydrogens is 249 g/mol. The molecule has 0 radical (unpaired) electrons. The van der Waals surface area contributed by atoms with Crippen molar-refractivity contribution in [2.24, 2.45) is 0 Å². The van der Waals surface area contributed by atoms with Crippen LogP contribution in [0.4, 0.5) is 27.7 Å². The van der Waals surface area contributed by atoms with Crippen LogP contribution in [0.5, 0.6) is 0 Å². The number of para-hydroxylation sites is 1. The van der Waals surface area contributed by atoms with Gasteiger partial charge in [-0.1, -0.05) is 22.7 Å². The van der Waals surface area contributed by atoms with Gasteiger partial charge in [-0.25, -0.2) is 4.79 Å². The average molecular weight is 255 g/mol. The summed E-state index contributed by atoms with van der Waals surface area (Å²) in [5, 5.41) is 6.76. The Labute approximate surface area is 92.0 Å². The number of carboxylic acids is 1. The summed E-state index contributed by atoms with van der Waals surface area (Å²) >= 11 is 0. The summed E-state index contributed by atoms with van der Waals surface area (Å²) in [5.41, 5.74) is -0.852. The van der Waals surface area contributed by atoms with Crippen molar-refractivity contribution in [3.63, 3.8) is 0 Å². The maximum atomic E-state index is 13.3. The highest BCUT2D eigenvalue weighted by atomic mass is 19.4. The molecule has 1 aromatic carbocycles. The van der Waals surface area contributed by atoms with Gasteiger partial charge < -0.3 is 5.11 Å². The van der Waals surface area contributed by atoms with E-state index in [1.54, 1.807) is 0 Å². The lowest BCUT2D eigenvalue weighted by Crippen LogP contribution is -2.58. The molecule has 0 aromatic heterocycles. The standard InChI is InChI=1S/C9H6F5NO2/c10-8(7(16)17,9(11,12)13)15(14)6-4-2-1-3-5-6/h1-5H,(H,16,17)/t8-/m0/s1. The number of anilines is 1. The van der Waals surface area contributed by atoms with Crippen molar-refractivity contribution in [3.8, 4) is 0 Å². The number of alkyl halides is 4. The SMILES string of the molecule is O=C(O)[C@](F)(N(F)c1ccccc1)C(F)(F)F. The molecule has 0 bridgehead atoms. The molecule has 94 valence electrons. The zero-order chi connectivity index (χ0) is 13.3. The van der Waals surface area contributed by atoms with Crippen LogP contribution in [-0.4, -0.2) is 23.0 Å². The molecule has 1 N–H and O–H groups in total. The predicted molar refractivity (Wildman–Crippen MR) is 47.6 cm³/mol. The molecule has 0 aliphatic heterocycles. The van der Waals surface area contributed by atoms with Crippen LogP contribution in [0, 0.1) is 0 Å². The molecule has 17 heavy (non-hydrogen) atoms. The number of hydrogen-bond acceptors (Lipinski definition) is 2. The molecular formula is C9H6F5NO2. The summed E-state index contributed by atoms with van der Waals surface area (Å²) < 4.78 is 63.4. The van der Waals surface area contributed by atoms with Crippen molar-refractivity contribution >= 4 is 11.7 Å². The third kappa shape index (κ3) is 2.15. The first-order valence-corrected chi connectivity index (χ1v) is 4.21. The first-order chi connectivity index (χ1) is 7.71. The highest BCUT2D eigenvalue weighted by Gasteiger charge is 2.68. The smallest absolute Gasteiger partial charge is 0.456 e. The zero-order valence-corrected chi connectivity index (χ0v) is 8.08. The Morgan fingerprint density at radius 1 is 1.12 bits per heavy atom. The third-order valence-electron chi connectivity index (χ3n) is 1.91. The summed E-state index contributed by atoms with van der Waals surface area (Å²) in [6.07, 6.45) is -5.91. The maximum absolute atomic E-state index is 13.3. The average Bonchev–Trinajstić information content (AvgIpc) is 2.26. The van der Waals surface area contributed by atoms with E-state index in [0.717, 1.165) is 24.3 Å². The van der Waals surface area contributed by atoms with Gasteiger partial charge in [0, 0.05) is 0 Å². The molecule has 0 fully saturated rings. The van der Waals surface area contributed by atoms with E-state index in [-0.39, 0.29) is 0 Å². The molecule has 0 aliphatic rings. The minimum absolute atomic E-state index is 0.809. The van der Waals surface area contributed by atoms with Crippen molar-refractivity contribution in [3.05, 3.63) is 30.3 Å². The second-order valence-corrected chi connectivity index (χ2v) is 3.04. The van der Waals surface area contributed by atoms with Crippen LogP contribution >= 0.6 is 0 Å². The molecule has 0 saturated heterocycles. The van der Waals surface area contributed by atoms with Crippen LogP contribution in [0.2, 0.25) is 0 Å². The van der Waals surface area contributed by atoms with E-state index in [9.17, 15) is 26.8 Å². The Balaban J connectivity index is 3.23. The number of carbonyl (C=O) groups is 1. The third-order valence-corrected chi connectivity index (χ3v) is 1.91. The van der Waals surface area contributed by atoms with Gasteiger partial charge in [0.15, 0.2) is 0 Å². The fourth-order valence-electron chi connectivity index (χ4n) is 1.05. The molecule has 0 amide bonds. The van der Waals surface area contributed by atoms with E-state index < -0.39 is 28.7 Å². The van der Waals surface area contributed by atoms with Crippen LogP contribution in [0.1, 0.15) is 0 Å². The number of halogens is 5. The second-order valence-electron chi connectivity index (χ2n) is 3.04. The van der Waals surface area contributed by atoms with E-state index in [0.29, 0.717) is 0 Å². The second kappa shape index (κ2) is 4.19. The lowest BCUT2D eigenvalue weighted by Gasteiger charge is -2.29. The summed E-state index contributed by atoms with van der Waals surface area (Å²) in [6, 6.07) is 5.25. The zero-order valence-electron chi connectivity index (χ0n) is 8.08. The van der Waals surface area contributed by atoms with E-state index in [4.69, 9.17) is 5.11 Å². The van der Waals surface area contributed by atoms with Crippen LogP contribution in [0.15, 0.2) is 30.3 Å². The lowest BCUT2D eigenvalue weighted by molar-refractivity contribution is -0.244. The van der Waals surface area contributed by atoms with Gasteiger partial charge in [-0.2, -0.15) is 22.7 Å². The number of rotatable bonds is 3. The quantitative estimate of drug-likeness (QED) is 0.513. The highest BCUT2D eigenvalue weighted by molar-refractivity contribution is 5.82. The van der Waals surface area contributed by atoms with E-state index in [1.807, 2.05) is 0 Å². The number of benzene rings is 1. The van der Waals surface area contributed by atoms with E-state index >= 15 is 0 Å². The van der Waals surface area contributed by atoms with Gasteiger partial charge in [-0.05, 0) is 12.1 Å². The van der Waals surface area contributed by atoms with Crippen LogP contribution in [-0.2, 0) is 4.79 Å². The molecule has 1 aromatic rings. The fraction of sp³-hybridized carbons (Fsp3) is 0.222. The highest BCUT2D eigenvalue weighted by Crippen LogP contribution is 2.40. The predicted octanol–water partition coefficient (Wildman–Crippen LogP) is 2.69. The van der Waals surface area contributed by atoms with Gasteiger partial charge in [0.1, 0.15) is 0 Å². The normalized spacial score (nSPS) is 15.1. The van der Waals surface area contributed by atoms with Crippen molar-refractivity contribution in [1.29, 1.82) is 0 Å². The Morgan fingerprint density at radius 2 is 1.59 bits per heavy atom. The van der Waals surface area contributed by atoms with Crippen LogP contribution in [0.25, 0.3) is 0 Å². The molecule has 0 aliphatic carbocycles. The molecule has 0 heterocycles.